The monoisotopic (exact) mass is 306 g/mol. The first-order chi connectivity index (χ1) is 10.4. The van der Waals surface area contributed by atoms with E-state index in [1.807, 2.05) is 20.0 Å². The van der Waals surface area contributed by atoms with Gasteiger partial charge < -0.3 is 19.5 Å². The van der Waals surface area contributed by atoms with E-state index in [1.165, 1.54) is 6.20 Å². The van der Waals surface area contributed by atoms with Gasteiger partial charge in [-0.2, -0.15) is 0 Å². The van der Waals surface area contributed by atoms with Crippen molar-refractivity contribution in [3.05, 3.63) is 29.9 Å². The van der Waals surface area contributed by atoms with Gasteiger partial charge in [0.25, 0.3) is 0 Å². The van der Waals surface area contributed by atoms with Crippen LogP contribution >= 0.6 is 0 Å². The Labute approximate surface area is 129 Å². The van der Waals surface area contributed by atoms with Crippen LogP contribution in [0.5, 0.6) is 0 Å². The second kappa shape index (κ2) is 6.74. The molecule has 0 saturated carbocycles. The molecular formula is C15H22N4O3. The molecule has 0 fully saturated rings. The van der Waals surface area contributed by atoms with E-state index >= 15 is 0 Å². The lowest BCUT2D eigenvalue weighted by Gasteiger charge is -2.32. The molecule has 0 unspecified atom stereocenters. The number of amides is 1. The Morgan fingerprint density at radius 1 is 1.55 bits per heavy atom. The van der Waals surface area contributed by atoms with Gasteiger partial charge >= 0.3 is 5.97 Å². The molecule has 1 aromatic rings. The second-order valence-corrected chi connectivity index (χ2v) is 5.56. The maximum atomic E-state index is 12.2. The summed E-state index contributed by atoms with van der Waals surface area (Å²) < 4.78 is 1.70. The minimum atomic E-state index is -0.993. The van der Waals surface area contributed by atoms with E-state index in [0.717, 1.165) is 13.1 Å². The molecule has 0 aliphatic carbocycles. The zero-order valence-electron chi connectivity index (χ0n) is 13.2. The maximum Gasteiger partial charge on any atom is 0.354 e. The van der Waals surface area contributed by atoms with E-state index < -0.39 is 5.97 Å². The maximum absolute atomic E-state index is 12.2. The Morgan fingerprint density at radius 2 is 2.27 bits per heavy atom. The average Bonchev–Trinajstić information content (AvgIpc) is 2.91. The molecule has 0 saturated heterocycles. The molecule has 0 spiro atoms. The van der Waals surface area contributed by atoms with Crippen LogP contribution in [0.25, 0.3) is 0 Å². The highest BCUT2D eigenvalue weighted by Gasteiger charge is 2.28. The lowest BCUT2D eigenvalue weighted by molar-refractivity contribution is -0.128. The number of rotatable bonds is 5. The molecule has 22 heavy (non-hydrogen) atoms. The molecule has 120 valence electrons. The Kier molecular flexibility index (Phi) is 4.97. The van der Waals surface area contributed by atoms with Gasteiger partial charge in [-0.15, -0.1) is 0 Å². The van der Waals surface area contributed by atoms with Crippen molar-refractivity contribution in [3.8, 4) is 0 Å². The fourth-order valence-electron chi connectivity index (χ4n) is 2.54. The van der Waals surface area contributed by atoms with Crippen LogP contribution in [0.4, 0.5) is 0 Å². The molecule has 2 heterocycles. The van der Waals surface area contributed by atoms with Crippen LogP contribution in [0.1, 0.15) is 36.2 Å². The Bertz CT molecular complexity index is 594. The van der Waals surface area contributed by atoms with Crippen molar-refractivity contribution in [3.63, 3.8) is 0 Å². The van der Waals surface area contributed by atoms with Gasteiger partial charge in [0.2, 0.25) is 5.91 Å². The Morgan fingerprint density at radius 3 is 2.91 bits per heavy atom. The predicted octanol–water partition coefficient (Wildman–Crippen LogP) is 0.992. The van der Waals surface area contributed by atoms with Gasteiger partial charge in [0.1, 0.15) is 11.5 Å². The topological polar surface area (TPSA) is 78.7 Å². The molecular weight excluding hydrogens is 284 g/mol. The van der Waals surface area contributed by atoms with Gasteiger partial charge in [0, 0.05) is 19.2 Å². The molecule has 7 nitrogen and oxygen atoms in total. The van der Waals surface area contributed by atoms with E-state index in [9.17, 15) is 9.59 Å². The number of carbonyl (C=O) groups excluding carboxylic acids is 1. The highest BCUT2D eigenvalue weighted by atomic mass is 16.4. The normalized spacial score (nSPS) is 18.0. The average molecular weight is 306 g/mol. The lowest BCUT2D eigenvalue weighted by Crippen LogP contribution is -2.40. The number of carbonyl (C=O) groups is 2. The Balaban J connectivity index is 2.07. The molecule has 0 bridgehead atoms. The van der Waals surface area contributed by atoms with Gasteiger partial charge in [0.15, 0.2) is 0 Å². The van der Waals surface area contributed by atoms with Gasteiger partial charge in [-0.3, -0.25) is 4.79 Å². The molecule has 7 heteroatoms. The zero-order valence-corrected chi connectivity index (χ0v) is 13.2. The van der Waals surface area contributed by atoms with Crippen molar-refractivity contribution in [1.82, 2.24) is 19.4 Å². The summed E-state index contributed by atoms with van der Waals surface area (Å²) in [4.78, 5) is 31.3. The van der Waals surface area contributed by atoms with Crippen LogP contribution in [0.2, 0.25) is 0 Å². The van der Waals surface area contributed by atoms with Gasteiger partial charge in [-0.1, -0.05) is 13.0 Å². The summed E-state index contributed by atoms with van der Waals surface area (Å²) in [6.45, 7) is 6.42. The first kappa shape index (κ1) is 16.2. The number of carboxylic acid groups (broad SMARTS) is 1. The highest BCUT2D eigenvalue weighted by Crippen LogP contribution is 2.22. The van der Waals surface area contributed by atoms with Crippen molar-refractivity contribution in [2.45, 2.75) is 26.4 Å². The fraction of sp³-hybridized carbons (Fsp3) is 0.533. The highest BCUT2D eigenvalue weighted by molar-refractivity contribution is 5.88. The van der Waals surface area contributed by atoms with Crippen LogP contribution in [-0.4, -0.2) is 63.0 Å². The van der Waals surface area contributed by atoms with Crippen LogP contribution in [-0.2, 0) is 11.3 Å². The number of nitrogens with zero attached hydrogens (tertiary/aromatic N) is 4. The molecule has 1 aliphatic heterocycles. The second-order valence-electron chi connectivity index (χ2n) is 5.56. The van der Waals surface area contributed by atoms with Crippen molar-refractivity contribution < 1.29 is 14.7 Å². The number of likely N-dealkylation sites (N-methyl/N-ethyl adjacent to an activating group) is 1. The summed E-state index contributed by atoms with van der Waals surface area (Å²) in [6, 6.07) is -0.104. The Hall–Kier alpha value is -2.15. The smallest absolute Gasteiger partial charge is 0.354 e. The summed E-state index contributed by atoms with van der Waals surface area (Å²) in [5, 5.41) is 9.16. The number of aromatic nitrogens is 2. The molecule has 0 radical (unpaired) electrons. The van der Waals surface area contributed by atoms with E-state index in [2.05, 4.69) is 16.8 Å². The van der Waals surface area contributed by atoms with E-state index in [4.69, 9.17) is 5.11 Å². The van der Waals surface area contributed by atoms with E-state index in [1.54, 1.807) is 15.5 Å². The first-order valence-electron chi connectivity index (χ1n) is 7.37. The molecule has 1 amide bonds. The number of imidazole rings is 1. The predicted molar refractivity (Wildman–Crippen MR) is 81.6 cm³/mol. The number of carboxylic acids is 1. The van der Waals surface area contributed by atoms with E-state index in [0.29, 0.717) is 18.9 Å². The third-order valence-electron chi connectivity index (χ3n) is 3.88. The van der Waals surface area contributed by atoms with Gasteiger partial charge in [-0.25, -0.2) is 9.78 Å². The SMILES string of the molecule is CCN(C)C/C=C/C(=O)N1Cc2ncc(C(=O)O)n2[C@@H](C)C1. The largest absolute Gasteiger partial charge is 0.477 e. The molecule has 1 aliphatic rings. The fourth-order valence-corrected chi connectivity index (χ4v) is 2.54. The quantitative estimate of drug-likeness (QED) is 0.821. The summed E-state index contributed by atoms with van der Waals surface area (Å²) >= 11 is 0. The molecule has 1 aromatic heterocycles. The van der Waals surface area contributed by atoms with Crippen LogP contribution < -0.4 is 0 Å². The summed E-state index contributed by atoms with van der Waals surface area (Å²) in [5.74, 6) is -0.445. The molecule has 0 aromatic carbocycles. The number of fused-ring (bicyclic) bond motifs is 1. The van der Waals surface area contributed by atoms with Crippen molar-refractivity contribution in [1.29, 1.82) is 0 Å². The van der Waals surface area contributed by atoms with Crippen molar-refractivity contribution in [2.24, 2.45) is 0 Å². The van der Waals surface area contributed by atoms with Gasteiger partial charge in [-0.05, 0) is 20.5 Å². The third kappa shape index (κ3) is 3.36. The van der Waals surface area contributed by atoms with Crippen LogP contribution in [0.15, 0.2) is 18.3 Å². The number of hydrogen-bond acceptors (Lipinski definition) is 4. The van der Waals surface area contributed by atoms with Crippen LogP contribution in [0.3, 0.4) is 0 Å². The molecule has 2 rings (SSSR count). The summed E-state index contributed by atoms with van der Waals surface area (Å²) in [6.07, 6.45) is 4.78. The molecule has 1 N–H and O–H groups in total. The van der Waals surface area contributed by atoms with Gasteiger partial charge in [0.05, 0.1) is 18.8 Å². The number of aromatic carboxylic acids is 1. The van der Waals surface area contributed by atoms with Crippen LogP contribution in [0, 0.1) is 0 Å². The minimum absolute atomic E-state index is 0.0671. The van der Waals surface area contributed by atoms with Crippen molar-refractivity contribution in [2.75, 3.05) is 26.7 Å². The summed E-state index contributed by atoms with van der Waals surface area (Å²) in [5.41, 5.74) is 0.176. The standard InChI is InChI=1S/C15H22N4O3/c1-4-17(3)7-5-6-14(20)18-9-11(2)19-12(15(21)22)8-16-13(19)10-18/h5-6,8,11H,4,7,9-10H2,1-3H3,(H,21,22)/b6-5+/t11-/m0/s1. The first-order valence-corrected chi connectivity index (χ1v) is 7.37. The zero-order chi connectivity index (χ0) is 16.3. The third-order valence-corrected chi connectivity index (χ3v) is 3.88. The van der Waals surface area contributed by atoms with Crippen molar-refractivity contribution >= 4 is 11.9 Å². The number of hydrogen-bond donors (Lipinski definition) is 1. The minimum Gasteiger partial charge on any atom is -0.477 e. The van der Waals surface area contributed by atoms with E-state index in [-0.39, 0.29) is 17.6 Å². The lowest BCUT2D eigenvalue weighted by atomic mass is 10.2. The summed E-state index contributed by atoms with van der Waals surface area (Å²) in [7, 11) is 1.99. The molecule has 1 atom stereocenters.